The fourth-order valence-electron chi connectivity index (χ4n) is 7.22. The molecule has 9 nitrogen and oxygen atoms in total. The van der Waals surface area contributed by atoms with E-state index >= 15 is 0 Å². The highest BCUT2D eigenvalue weighted by molar-refractivity contribution is 6.00. The molecular formula is C35H46ClF3N4O5. The number of hydrogen-bond donors (Lipinski definition) is 3. The van der Waals surface area contributed by atoms with Crippen LogP contribution in [0.3, 0.4) is 0 Å². The van der Waals surface area contributed by atoms with Crippen LogP contribution in [0.25, 0.3) is 0 Å². The van der Waals surface area contributed by atoms with E-state index in [0.29, 0.717) is 56.4 Å². The van der Waals surface area contributed by atoms with Gasteiger partial charge in [-0.3, -0.25) is 19.3 Å². The Morgan fingerprint density at radius 2 is 1.71 bits per heavy atom. The SMILES string of the molecule is CCCCN1C(=O)[C@@H](CC2(O)CCCCC2)NC(=O)C12CCN(Cc1ccc(Oc3ccc(C(=O)NC)cc3)c(C(F)(F)F)c1)CC2.Cl. The van der Waals surface area contributed by atoms with Crippen LogP contribution in [0.5, 0.6) is 11.5 Å². The minimum atomic E-state index is -4.67. The molecule has 1 aliphatic carbocycles. The number of hydrogen-bond acceptors (Lipinski definition) is 6. The molecule has 264 valence electrons. The van der Waals surface area contributed by atoms with Crippen molar-refractivity contribution in [2.45, 2.75) is 101 Å². The van der Waals surface area contributed by atoms with Gasteiger partial charge in [0.1, 0.15) is 23.1 Å². The summed E-state index contributed by atoms with van der Waals surface area (Å²) in [4.78, 5) is 43.1. The second-order valence-corrected chi connectivity index (χ2v) is 13.2. The highest BCUT2D eigenvalue weighted by Crippen LogP contribution is 2.40. The standard InChI is InChI=1S/C35H45F3N4O5.ClH/c1-3-4-18-42-31(44)28(22-33(46)14-6-5-7-15-33)40-32(45)34(42)16-19-41(20-17-34)23-24-8-13-29(27(21-24)35(36,37)38)47-26-11-9-25(10-12-26)30(43)39-2;/h8-13,21,28,46H,3-7,14-20,22-23H2,1-2H3,(H,39,43)(H,40,45);1H/t28-;/m1./s1. The molecule has 3 N–H and O–H groups in total. The third kappa shape index (κ3) is 8.26. The monoisotopic (exact) mass is 694 g/mol. The normalized spacial score (nSPS) is 21.0. The number of piperazine rings is 1. The molecule has 0 unspecified atom stereocenters. The molecule has 3 aliphatic rings. The van der Waals surface area contributed by atoms with Gasteiger partial charge in [-0.05, 0) is 74.1 Å². The zero-order chi connectivity index (χ0) is 33.8. The molecule has 1 atom stereocenters. The highest BCUT2D eigenvalue weighted by Gasteiger charge is 2.54. The van der Waals surface area contributed by atoms with E-state index in [4.69, 9.17) is 4.74 Å². The first-order valence-corrected chi connectivity index (χ1v) is 16.6. The summed E-state index contributed by atoms with van der Waals surface area (Å²) >= 11 is 0. The molecule has 2 aromatic rings. The Morgan fingerprint density at radius 3 is 2.31 bits per heavy atom. The van der Waals surface area contributed by atoms with Crippen LogP contribution < -0.4 is 15.4 Å². The highest BCUT2D eigenvalue weighted by atomic mass is 35.5. The number of benzene rings is 2. The first-order chi connectivity index (χ1) is 22.4. The Kier molecular flexibility index (Phi) is 12.1. The molecule has 0 radical (unpaired) electrons. The van der Waals surface area contributed by atoms with Crippen LogP contribution in [0.4, 0.5) is 13.2 Å². The summed E-state index contributed by atoms with van der Waals surface area (Å²) in [7, 11) is 1.49. The van der Waals surface area contributed by atoms with E-state index in [0.717, 1.165) is 38.2 Å². The van der Waals surface area contributed by atoms with Crippen molar-refractivity contribution in [3.05, 3.63) is 59.2 Å². The predicted octanol–water partition coefficient (Wildman–Crippen LogP) is 5.83. The first-order valence-electron chi connectivity index (χ1n) is 16.6. The lowest BCUT2D eigenvalue weighted by Gasteiger charge is -2.52. The Balaban J connectivity index is 0.00000520. The van der Waals surface area contributed by atoms with Crippen LogP contribution in [0.15, 0.2) is 42.5 Å². The van der Waals surface area contributed by atoms with Gasteiger partial charge in [0.25, 0.3) is 5.91 Å². The maximum absolute atomic E-state index is 14.1. The number of nitrogens with one attached hydrogen (secondary N) is 2. The molecular weight excluding hydrogens is 649 g/mol. The Morgan fingerprint density at radius 1 is 1.04 bits per heavy atom. The van der Waals surface area contributed by atoms with Crippen LogP contribution in [-0.2, 0) is 22.3 Å². The number of likely N-dealkylation sites (tertiary alicyclic amines) is 1. The van der Waals surface area contributed by atoms with Crippen molar-refractivity contribution >= 4 is 30.1 Å². The minimum absolute atomic E-state index is 0. The van der Waals surface area contributed by atoms with E-state index in [-0.39, 0.29) is 54.6 Å². The minimum Gasteiger partial charge on any atom is -0.457 e. The van der Waals surface area contributed by atoms with Crippen molar-refractivity contribution < 1.29 is 37.4 Å². The van der Waals surface area contributed by atoms with Crippen molar-refractivity contribution in [1.82, 2.24) is 20.4 Å². The number of carbonyl (C=O) groups is 3. The van der Waals surface area contributed by atoms with Crippen LogP contribution in [0.2, 0.25) is 0 Å². The van der Waals surface area contributed by atoms with Gasteiger partial charge in [0.15, 0.2) is 0 Å². The van der Waals surface area contributed by atoms with Gasteiger partial charge in [-0.1, -0.05) is 38.7 Å². The van der Waals surface area contributed by atoms with Crippen molar-refractivity contribution in [2.75, 3.05) is 26.7 Å². The molecule has 1 spiro atoms. The fraction of sp³-hybridized carbons (Fsp3) is 0.571. The van der Waals surface area contributed by atoms with Gasteiger partial charge in [-0.2, -0.15) is 13.2 Å². The zero-order valence-electron chi connectivity index (χ0n) is 27.5. The van der Waals surface area contributed by atoms with Gasteiger partial charge in [0.2, 0.25) is 11.8 Å². The summed E-state index contributed by atoms with van der Waals surface area (Å²) in [6.07, 6.45) is 1.98. The Labute approximate surface area is 286 Å². The number of aliphatic hydroxyl groups is 1. The van der Waals surface area contributed by atoms with E-state index in [1.54, 1.807) is 11.0 Å². The van der Waals surface area contributed by atoms with Crippen LogP contribution >= 0.6 is 12.4 Å². The molecule has 3 fully saturated rings. The maximum Gasteiger partial charge on any atom is 0.419 e. The summed E-state index contributed by atoms with van der Waals surface area (Å²) < 4.78 is 48.0. The summed E-state index contributed by atoms with van der Waals surface area (Å²) in [5.41, 5.74) is -2.08. The first kappa shape index (κ1) is 37.5. The Hall–Kier alpha value is -3.35. The van der Waals surface area contributed by atoms with Crippen LogP contribution in [0.1, 0.15) is 92.6 Å². The number of rotatable bonds is 10. The maximum atomic E-state index is 14.1. The molecule has 2 saturated heterocycles. The van der Waals surface area contributed by atoms with Crippen molar-refractivity contribution in [3.63, 3.8) is 0 Å². The molecule has 5 rings (SSSR count). The molecule has 0 aromatic heterocycles. The number of alkyl halides is 3. The molecule has 2 aromatic carbocycles. The number of amides is 3. The van der Waals surface area contributed by atoms with Gasteiger partial charge < -0.3 is 25.4 Å². The van der Waals surface area contributed by atoms with E-state index in [9.17, 15) is 32.7 Å². The molecule has 0 bridgehead atoms. The quantitative estimate of drug-likeness (QED) is 0.289. The second-order valence-electron chi connectivity index (χ2n) is 13.2. The summed E-state index contributed by atoms with van der Waals surface area (Å²) in [6.45, 7) is 3.56. The molecule has 2 aliphatic heterocycles. The fourth-order valence-corrected chi connectivity index (χ4v) is 7.22. The van der Waals surface area contributed by atoms with E-state index in [2.05, 4.69) is 10.6 Å². The molecule has 48 heavy (non-hydrogen) atoms. The summed E-state index contributed by atoms with van der Waals surface area (Å²) in [5.74, 6) is -0.854. The van der Waals surface area contributed by atoms with Gasteiger partial charge in [-0.25, -0.2) is 0 Å². The molecule has 3 amide bonds. The third-order valence-corrected chi connectivity index (χ3v) is 9.92. The number of carbonyl (C=O) groups excluding carboxylic acids is 3. The number of ether oxygens (including phenoxy) is 1. The number of unbranched alkanes of at least 4 members (excludes halogenated alkanes) is 1. The smallest absolute Gasteiger partial charge is 0.419 e. The Bertz CT molecular complexity index is 1440. The summed E-state index contributed by atoms with van der Waals surface area (Å²) in [6, 6.07) is 9.06. The lowest BCUT2D eigenvalue weighted by molar-refractivity contribution is -0.163. The van der Waals surface area contributed by atoms with E-state index in [1.807, 2.05) is 11.8 Å². The van der Waals surface area contributed by atoms with Crippen LogP contribution in [0, 0.1) is 0 Å². The van der Waals surface area contributed by atoms with Gasteiger partial charge in [-0.15, -0.1) is 12.4 Å². The largest absolute Gasteiger partial charge is 0.457 e. The van der Waals surface area contributed by atoms with E-state index in [1.165, 1.54) is 37.4 Å². The van der Waals surface area contributed by atoms with Crippen molar-refractivity contribution in [1.29, 1.82) is 0 Å². The molecule has 1 saturated carbocycles. The van der Waals surface area contributed by atoms with Crippen LogP contribution in [-0.4, -0.2) is 76.5 Å². The molecule has 13 heteroatoms. The second kappa shape index (κ2) is 15.5. The third-order valence-electron chi connectivity index (χ3n) is 9.92. The topological polar surface area (TPSA) is 111 Å². The predicted molar refractivity (Wildman–Crippen MR) is 177 cm³/mol. The number of nitrogens with zero attached hydrogens (tertiary/aromatic N) is 2. The average Bonchev–Trinajstić information content (AvgIpc) is 3.05. The van der Waals surface area contributed by atoms with Gasteiger partial charge in [0, 0.05) is 45.2 Å². The van der Waals surface area contributed by atoms with Crippen molar-refractivity contribution in [2.24, 2.45) is 0 Å². The summed E-state index contributed by atoms with van der Waals surface area (Å²) in [5, 5.41) is 16.6. The number of piperidine rings is 1. The lowest BCUT2D eigenvalue weighted by Crippen LogP contribution is -2.73. The average molecular weight is 695 g/mol. The van der Waals surface area contributed by atoms with Gasteiger partial charge >= 0.3 is 6.18 Å². The van der Waals surface area contributed by atoms with Gasteiger partial charge in [0.05, 0.1) is 11.2 Å². The molecule has 2 heterocycles. The van der Waals surface area contributed by atoms with Crippen molar-refractivity contribution in [3.8, 4) is 11.5 Å². The lowest BCUT2D eigenvalue weighted by atomic mass is 9.77. The van der Waals surface area contributed by atoms with E-state index < -0.39 is 28.9 Å². The number of halogens is 4. The zero-order valence-corrected chi connectivity index (χ0v) is 28.4.